The standard InChI is InChI=1S/C16H27N3/c1-4-13-7-5-6-8-14(13)16(19-17)15-12(3)9-11(2)10-18-15/h9-10,13-14,16,19H,4-8,17H2,1-3H3. The van der Waals surface area contributed by atoms with Crippen molar-refractivity contribution in [2.24, 2.45) is 17.7 Å². The van der Waals surface area contributed by atoms with Crippen LogP contribution in [0.25, 0.3) is 0 Å². The Labute approximate surface area is 117 Å². The number of nitrogens with two attached hydrogens (primary N) is 1. The predicted molar refractivity (Wildman–Crippen MR) is 79.5 cm³/mol. The number of hydrogen-bond acceptors (Lipinski definition) is 3. The van der Waals surface area contributed by atoms with Crippen molar-refractivity contribution in [2.75, 3.05) is 0 Å². The van der Waals surface area contributed by atoms with Crippen LogP contribution in [0.2, 0.25) is 0 Å². The molecular formula is C16H27N3. The molecule has 1 fully saturated rings. The number of hydrazine groups is 1. The summed E-state index contributed by atoms with van der Waals surface area (Å²) < 4.78 is 0. The Kier molecular flexibility index (Phi) is 4.94. The summed E-state index contributed by atoms with van der Waals surface area (Å²) in [6, 6.07) is 2.40. The van der Waals surface area contributed by atoms with E-state index in [-0.39, 0.29) is 6.04 Å². The lowest BCUT2D eigenvalue weighted by atomic mass is 9.73. The van der Waals surface area contributed by atoms with Gasteiger partial charge in [0.25, 0.3) is 0 Å². The van der Waals surface area contributed by atoms with Gasteiger partial charge in [0.2, 0.25) is 0 Å². The van der Waals surface area contributed by atoms with Crippen LogP contribution in [0.4, 0.5) is 0 Å². The van der Waals surface area contributed by atoms with Crippen molar-refractivity contribution in [3.05, 3.63) is 29.1 Å². The van der Waals surface area contributed by atoms with E-state index in [9.17, 15) is 0 Å². The summed E-state index contributed by atoms with van der Waals surface area (Å²) in [5.74, 6) is 7.27. The summed E-state index contributed by atoms with van der Waals surface area (Å²) in [7, 11) is 0. The van der Waals surface area contributed by atoms with E-state index in [0.29, 0.717) is 5.92 Å². The molecule has 1 heterocycles. The fourth-order valence-electron chi connectivity index (χ4n) is 3.64. The zero-order valence-electron chi connectivity index (χ0n) is 12.4. The first-order valence-electron chi connectivity index (χ1n) is 7.56. The highest BCUT2D eigenvalue weighted by atomic mass is 15.2. The molecule has 0 saturated heterocycles. The van der Waals surface area contributed by atoms with Crippen molar-refractivity contribution >= 4 is 0 Å². The third-order valence-corrected chi connectivity index (χ3v) is 4.65. The number of pyridine rings is 1. The zero-order valence-corrected chi connectivity index (χ0v) is 12.4. The summed E-state index contributed by atoms with van der Waals surface area (Å²) in [6.45, 7) is 6.53. The number of aryl methyl sites for hydroxylation is 2. The van der Waals surface area contributed by atoms with Crippen LogP contribution in [0.15, 0.2) is 12.3 Å². The second-order valence-corrected chi connectivity index (χ2v) is 5.98. The van der Waals surface area contributed by atoms with Gasteiger partial charge in [-0.15, -0.1) is 0 Å². The van der Waals surface area contributed by atoms with Crippen molar-refractivity contribution < 1.29 is 0 Å². The maximum absolute atomic E-state index is 5.87. The van der Waals surface area contributed by atoms with Crippen LogP contribution >= 0.6 is 0 Å². The van der Waals surface area contributed by atoms with E-state index in [0.717, 1.165) is 11.6 Å². The summed E-state index contributed by atoms with van der Waals surface area (Å²) in [5.41, 5.74) is 6.66. The Morgan fingerprint density at radius 1 is 1.37 bits per heavy atom. The van der Waals surface area contributed by atoms with Gasteiger partial charge in [0.05, 0.1) is 11.7 Å². The molecule has 0 aliphatic heterocycles. The minimum Gasteiger partial charge on any atom is -0.271 e. The van der Waals surface area contributed by atoms with Gasteiger partial charge in [0.1, 0.15) is 0 Å². The van der Waals surface area contributed by atoms with E-state index in [1.54, 1.807) is 0 Å². The minimum absolute atomic E-state index is 0.200. The van der Waals surface area contributed by atoms with E-state index in [1.165, 1.54) is 43.2 Å². The number of aromatic nitrogens is 1. The maximum Gasteiger partial charge on any atom is 0.0665 e. The van der Waals surface area contributed by atoms with Crippen LogP contribution in [0, 0.1) is 25.7 Å². The quantitative estimate of drug-likeness (QED) is 0.645. The lowest BCUT2D eigenvalue weighted by Crippen LogP contribution is -2.39. The van der Waals surface area contributed by atoms with Crippen LogP contribution in [-0.2, 0) is 0 Å². The largest absolute Gasteiger partial charge is 0.271 e. The Bertz CT molecular complexity index is 416. The first-order chi connectivity index (χ1) is 9.17. The van der Waals surface area contributed by atoms with Gasteiger partial charge in [0.15, 0.2) is 0 Å². The second-order valence-electron chi connectivity index (χ2n) is 5.98. The molecule has 3 nitrogen and oxygen atoms in total. The molecule has 1 aliphatic carbocycles. The first kappa shape index (κ1) is 14.5. The van der Waals surface area contributed by atoms with Crippen molar-refractivity contribution in [3.63, 3.8) is 0 Å². The van der Waals surface area contributed by atoms with Crippen LogP contribution in [0.3, 0.4) is 0 Å². The molecule has 3 heteroatoms. The average molecular weight is 261 g/mol. The lowest BCUT2D eigenvalue weighted by molar-refractivity contribution is 0.173. The number of hydrogen-bond donors (Lipinski definition) is 2. The molecule has 0 spiro atoms. The fourth-order valence-corrected chi connectivity index (χ4v) is 3.64. The highest BCUT2D eigenvalue weighted by Gasteiger charge is 2.32. The summed E-state index contributed by atoms with van der Waals surface area (Å²) in [4.78, 5) is 4.65. The highest BCUT2D eigenvalue weighted by molar-refractivity contribution is 5.26. The molecule has 0 bridgehead atoms. The van der Waals surface area contributed by atoms with Gasteiger partial charge < -0.3 is 0 Å². The fraction of sp³-hybridized carbons (Fsp3) is 0.688. The number of nitrogens with zero attached hydrogens (tertiary/aromatic N) is 1. The molecule has 1 aromatic heterocycles. The minimum atomic E-state index is 0.200. The predicted octanol–water partition coefficient (Wildman–Crippen LogP) is 3.42. The monoisotopic (exact) mass is 261 g/mol. The van der Waals surface area contributed by atoms with Crippen molar-refractivity contribution in [3.8, 4) is 0 Å². The van der Waals surface area contributed by atoms with Gasteiger partial charge in [-0.3, -0.25) is 16.3 Å². The van der Waals surface area contributed by atoms with Gasteiger partial charge in [-0.2, -0.15) is 0 Å². The third kappa shape index (κ3) is 3.15. The number of nitrogens with one attached hydrogen (secondary N) is 1. The summed E-state index contributed by atoms with van der Waals surface area (Å²) >= 11 is 0. The van der Waals surface area contributed by atoms with Crippen molar-refractivity contribution in [1.29, 1.82) is 0 Å². The Morgan fingerprint density at radius 3 is 2.74 bits per heavy atom. The lowest BCUT2D eigenvalue weighted by Gasteiger charge is -2.36. The molecular weight excluding hydrogens is 234 g/mol. The van der Waals surface area contributed by atoms with Crippen molar-refractivity contribution in [1.82, 2.24) is 10.4 Å². The van der Waals surface area contributed by atoms with E-state index < -0.39 is 0 Å². The van der Waals surface area contributed by atoms with E-state index in [1.807, 2.05) is 6.20 Å². The molecule has 3 unspecified atom stereocenters. The molecule has 0 radical (unpaired) electrons. The molecule has 3 N–H and O–H groups in total. The van der Waals surface area contributed by atoms with E-state index in [2.05, 4.69) is 37.2 Å². The smallest absolute Gasteiger partial charge is 0.0665 e. The molecule has 3 atom stereocenters. The van der Waals surface area contributed by atoms with Gasteiger partial charge in [-0.05, 0) is 43.2 Å². The molecule has 2 rings (SSSR count). The van der Waals surface area contributed by atoms with Crippen LogP contribution in [-0.4, -0.2) is 4.98 Å². The average Bonchev–Trinajstić information content (AvgIpc) is 2.42. The van der Waals surface area contributed by atoms with Crippen LogP contribution in [0.1, 0.15) is 61.9 Å². The van der Waals surface area contributed by atoms with Gasteiger partial charge in [0, 0.05) is 6.20 Å². The second kappa shape index (κ2) is 6.49. The molecule has 0 amide bonds. The topological polar surface area (TPSA) is 50.9 Å². The van der Waals surface area contributed by atoms with Crippen LogP contribution in [0.5, 0.6) is 0 Å². The van der Waals surface area contributed by atoms with Crippen molar-refractivity contribution in [2.45, 2.75) is 58.9 Å². The summed E-state index contributed by atoms with van der Waals surface area (Å²) in [6.07, 6.45) is 8.49. The molecule has 106 valence electrons. The third-order valence-electron chi connectivity index (χ3n) is 4.65. The van der Waals surface area contributed by atoms with E-state index in [4.69, 9.17) is 5.84 Å². The molecule has 19 heavy (non-hydrogen) atoms. The number of rotatable bonds is 4. The molecule has 1 aromatic rings. The molecule has 0 aromatic carbocycles. The van der Waals surface area contributed by atoms with Gasteiger partial charge >= 0.3 is 0 Å². The van der Waals surface area contributed by atoms with E-state index >= 15 is 0 Å². The van der Waals surface area contributed by atoms with Crippen LogP contribution < -0.4 is 11.3 Å². The zero-order chi connectivity index (χ0) is 13.8. The Hall–Kier alpha value is -0.930. The molecule has 1 aliphatic rings. The molecule has 1 saturated carbocycles. The highest BCUT2D eigenvalue weighted by Crippen LogP contribution is 2.40. The Balaban J connectivity index is 2.27. The van der Waals surface area contributed by atoms with Gasteiger partial charge in [-0.25, -0.2) is 0 Å². The first-order valence-corrected chi connectivity index (χ1v) is 7.56. The Morgan fingerprint density at radius 2 is 2.11 bits per heavy atom. The van der Waals surface area contributed by atoms with Gasteiger partial charge in [-0.1, -0.05) is 38.7 Å². The SMILES string of the molecule is CCC1CCCCC1C(NN)c1ncc(C)cc1C. The normalized spacial score (nSPS) is 25.3. The summed E-state index contributed by atoms with van der Waals surface area (Å²) in [5, 5.41) is 0. The maximum atomic E-state index is 5.87.